The van der Waals surface area contributed by atoms with Crippen molar-refractivity contribution < 1.29 is 13.2 Å². The molecule has 1 saturated heterocycles. The Balaban J connectivity index is 0.00000144. The van der Waals surface area contributed by atoms with E-state index in [4.69, 9.17) is 5.73 Å². The van der Waals surface area contributed by atoms with Gasteiger partial charge < -0.3 is 11.1 Å². The summed E-state index contributed by atoms with van der Waals surface area (Å²) in [5.74, 6) is 0.212. The molecule has 0 saturated carbocycles. The molecule has 1 rings (SSSR count). The average molecular weight is 219 g/mol. The lowest BCUT2D eigenvalue weighted by Gasteiger charge is -2.30. The highest BCUT2D eigenvalue weighted by molar-refractivity contribution is 5.85. The van der Waals surface area contributed by atoms with Gasteiger partial charge in [0, 0.05) is 0 Å². The smallest absolute Gasteiger partial charge is 0.330 e. The minimum atomic E-state index is -4.10. The van der Waals surface area contributed by atoms with E-state index in [1.807, 2.05) is 0 Å². The highest BCUT2D eigenvalue weighted by Gasteiger charge is 2.41. The molecule has 1 aliphatic rings. The number of hydrogen-bond donors (Lipinski definition) is 2. The minimum Gasteiger partial charge on any atom is -0.330 e. The second kappa shape index (κ2) is 5.02. The second-order valence-electron chi connectivity index (χ2n) is 3.18. The van der Waals surface area contributed by atoms with Crippen LogP contribution in [0.3, 0.4) is 0 Å². The third-order valence-corrected chi connectivity index (χ3v) is 2.24. The van der Waals surface area contributed by atoms with Crippen LogP contribution in [0.1, 0.15) is 12.8 Å². The molecule has 3 N–H and O–H groups in total. The van der Waals surface area contributed by atoms with Crippen LogP contribution in [0.2, 0.25) is 0 Å². The van der Waals surface area contributed by atoms with Crippen LogP contribution in [0.25, 0.3) is 0 Å². The van der Waals surface area contributed by atoms with E-state index in [0.717, 1.165) is 0 Å². The fourth-order valence-electron chi connectivity index (χ4n) is 1.40. The predicted octanol–water partition coefficient (Wildman–Crippen LogP) is 1.30. The molecular formula is C7H14ClF3N2. The van der Waals surface area contributed by atoms with Gasteiger partial charge in [-0.3, -0.25) is 0 Å². The number of alkyl halides is 3. The maximum Gasteiger partial charge on any atom is 0.403 e. The van der Waals surface area contributed by atoms with Gasteiger partial charge in [-0.2, -0.15) is 13.2 Å². The van der Waals surface area contributed by atoms with Crippen LogP contribution in [0.5, 0.6) is 0 Å². The van der Waals surface area contributed by atoms with Gasteiger partial charge in [-0.05, 0) is 31.8 Å². The molecule has 13 heavy (non-hydrogen) atoms. The molecule has 6 heteroatoms. The molecule has 0 aliphatic carbocycles. The average Bonchev–Trinajstić information content (AvgIpc) is 2.03. The number of hydrogen-bond acceptors (Lipinski definition) is 2. The first kappa shape index (κ1) is 13.0. The maximum absolute atomic E-state index is 12.1. The molecule has 0 radical (unpaired) electrons. The van der Waals surface area contributed by atoms with Gasteiger partial charge in [-0.25, -0.2) is 0 Å². The van der Waals surface area contributed by atoms with Crippen molar-refractivity contribution in [1.29, 1.82) is 0 Å². The van der Waals surface area contributed by atoms with Crippen molar-refractivity contribution >= 4 is 12.4 Å². The molecule has 0 bridgehead atoms. The SMILES string of the molecule is Cl.NCC1CCC(C(F)(F)F)NC1. The van der Waals surface area contributed by atoms with E-state index in [-0.39, 0.29) is 24.7 Å². The summed E-state index contributed by atoms with van der Waals surface area (Å²) in [5.41, 5.74) is 5.34. The van der Waals surface area contributed by atoms with Gasteiger partial charge in [0.15, 0.2) is 0 Å². The van der Waals surface area contributed by atoms with Gasteiger partial charge >= 0.3 is 6.18 Å². The fraction of sp³-hybridized carbons (Fsp3) is 1.00. The largest absolute Gasteiger partial charge is 0.403 e. The highest BCUT2D eigenvalue weighted by Crippen LogP contribution is 2.27. The molecular weight excluding hydrogens is 205 g/mol. The van der Waals surface area contributed by atoms with E-state index < -0.39 is 12.2 Å². The van der Waals surface area contributed by atoms with Crippen molar-refractivity contribution in [3.05, 3.63) is 0 Å². The molecule has 0 aromatic heterocycles. The summed E-state index contributed by atoms with van der Waals surface area (Å²) in [7, 11) is 0. The zero-order valence-corrected chi connectivity index (χ0v) is 7.92. The maximum atomic E-state index is 12.1. The number of nitrogens with two attached hydrogens (primary N) is 1. The molecule has 1 fully saturated rings. The summed E-state index contributed by atoms with van der Waals surface area (Å²) >= 11 is 0. The van der Waals surface area contributed by atoms with Crippen LogP contribution in [-0.2, 0) is 0 Å². The standard InChI is InChI=1S/C7H13F3N2.ClH/c8-7(9,10)6-2-1-5(3-11)4-12-6;/h5-6,12H,1-4,11H2;1H. The second-order valence-corrected chi connectivity index (χ2v) is 3.18. The van der Waals surface area contributed by atoms with Crippen molar-refractivity contribution in [1.82, 2.24) is 5.32 Å². The molecule has 0 spiro atoms. The van der Waals surface area contributed by atoms with E-state index in [0.29, 0.717) is 19.5 Å². The molecule has 80 valence electrons. The minimum absolute atomic E-state index is 0. The lowest BCUT2D eigenvalue weighted by Crippen LogP contribution is -2.49. The molecule has 1 heterocycles. The predicted molar refractivity (Wildman–Crippen MR) is 46.9 cm³/mol. The monoisotopic (exact) mass is 218 g/mol. The van der Waals surface area contributed by atoms with Gasteiger partial charge in [0.1, 0.15) is 6.04 Å². The lowest BCUT2D eigenvalue weighted by molar-refractivity contribution is -0.161. The van der Waals surface area contributed by atoms with Crippen molar-refractivity contribution in [2.45, 2.75) is 25.1 Å². The van der Waals surface area contributed by atoms with Crippen LogP contribution in [0.15, 0.2) is 0 Å². The van der Waals surface area contributed by atoms with Crippen LogP contribution in [0, 0.1) is 5.92 Å². The third kappa shape index (κ3) is 3.70. The molecule has 2 atom stereocenters. The van der Waals surface area contributed by atoms with Crippen LogP contribution in [-0.4, -0.2) is 25.3 Å². The van der Waals surface area contributed by atoms with Gasteiger partial charge in [0.25, 0.3) is 0 Å². The molecule has 2 unspecified atom stereocenters. The quantitative estimate of drug-likeness (QED) is 0.696. The first-order chi connectivity index (χ1) is 5.54. The van der Waals surface area contributed by atoms with E-state index in [1.165, 1.54) is 0 Å². The Morgan fingerprint density at radius 3 is 2.23 bits per heavy atom. The number of piperidine rings is 1. The Hall–Kier alpha value is -0.0000000000000000486. The van der Waals surface area contributed by atoms with Crippen molar-refractivity contribution in [3.8, 4) is 0 Å². The van der Waals surface area contributed by atoms with Crippen LogP contribution < -0.4 is 11.1 Å². The number of halogens is 4. The molecule has 0 aromatic rings. The summed E-state index contributed by atoms with van der Waals surface area (Å²) < 4.78 is 36.2. The Kier molecular flexibility index (Phi) is 5.02. The van der Waals surface area contributed by atoms with E-state index in [9.17, 15) is 13.2 Å². The number of rotatable bonds is 1. The summed E-state index contributed by atoms with van der Waals surface area (Å²) in [5, 5.41) is 2.46. The summed E-state index contributed by atoms with van der Waals surface area (Å²) in [6, 6.07) is -1.32. The van der Waals surface area contributed by atoms with E-state index in [2.05, 4.69) is 5.32 Å². The third-order valence-electron chi connectivity index (χ3n) is 2.24. The first-order valence-corrected chi connectivity index (χ1v) is 4.04. The summed E-state index contributed by atoms with van der Waals surface area (Å²) in [4.78, 5) is 0. The summed E-state index contributed by atoms with van der Waals surface area (Å²) in [6.07, 6.45) is -3.36. The fourth-order valence-corrected chi connectivity index (χ4v) is 1.40. The summed E-state index contributed by atoms with van der Waals surface area (Å²) in [6.45, 7) is 0.859. The van der Waals surface area contributed by atoms with Crippen molar-refractivity contribution in [2.24, 2.45) is 11.7 Å². The Bertz CT molecular complexity index is 143. The highest BCUT2D eigenvalue weighted by atomic mass is 35.5. The lowest BCUT2D eigenvalue weighted by atomic mass is 9.95. The molecule has 0 amide bonds. The first-order valence-electron chi connectivity index (χ1n) is 4.04. The van der Waals surface area contributed by atoms with Gasteiger partial charge in [-0.1, -0.05) is 0 Å². The number of nitrogens with one attached hydrogen (secondary N) is 1. The van der Waals surface area contributed by atoms with E-state index >= 15 is 0 Å². The Morgan fingerprint density at radius 1 is 1.31 bits per heavy atom. The van der Waals surface area contributed by atoms with Crippen molar-refractivity contribution in [2.75, 3.05) is 13.1 Å². The normalized spacial score (nSPS) is 29.5. The van der Waals surface area contributed by atoms with Gasteiger partial charge in [0.05, 0.1) is 0 Å². The van der Waals surface area contributed by atoms with Crippen LogP contribution >= 0.6 is 12.4 Å². The Morgan fingerprint density at radius 2 is 1.92 bits per heavy atom. The van der Waals surface area contributed by atoms with Gasteiger partial charge in [0.2, 0.25) is 0 Å². The topological polar surface area (TPSA) is 38.0 Å². The Labute approximate surface area is 81.5 Å². The zero-order chi connectivity index (χ0) is 9.19. The molecule has 0 aromatic carbocycles. The van der Waals surface area contributed by atoms with E-state index in [1.54, 1.807) is 0 Å². The zero-order valence-electron chi connectivity index (χ0n) is 7.10. The molecule has 2 nitrogen and oxygen atoms in total. The van der Waals surface area contributed by atoms with Crippen molar-refractivity contribution in [3.63, 3.8) is 0 Å². The van der Waals surface area contributed by atoms with Gasteiger partial charge in [-0.15, -0.1) is 12.4 Å². The molecule has 1 aliphatic heterocycles. The van der Waals surface area contributed by atoms with Crippen LogP contribution in [0.4, 0.5) is 13.2 Å².